The molecule has 0 aromatic carbocycles. The van der Waals surface area contributed by atoms with Gasteiger partial charge in [-0.1, -0.05) is 0 Å². The van der Waals surface area contributed by atoms with Gasteiger partial charge in [0.25, 0.3) is 0 Å². The minimum Gasteiger partial charge on any atom is -0.354 e. The lowest BCUT2D eigenvalue weighted by atomic mass is 9.52. The van der Waals surface area contributed by atoms with Crippen molar-refractivity contribution >= 4 is 15.0 Å². The van der Waals surface area contributed by atoms with Gasteiger partial charge < -0.3 is 4.81 Å². The summed E-state index contributed by atoms with van der Waals surface area (Å²) in [7, 11) is 7.41. The second-order valence-electron chi connectivity index (χ2n) is 7.31. The van der Waals surface area contributed by atoms with E-state index in [9.17, 15) is 0 Å². The molecule has 1 aliphatic heterocycles. The largest absolute Gasteiger partial charge is 0.354 e. The predicted molar refractivity (Wildman–Crippen MR) is 75.6 cm³/mol. The average molecular weight is 241 g/mol. The van der Waals surface area contributed by atoms with Crippen LogP contribution in [0.15, 0.2) is 0 Å². The fraction of sp³-hybridized carbons (Fsp3) is 1.00. The van der Waals surface area contributed by atoms with Crippen LogP contribution in [0.1, 0.15) is 38.5 Å². The third-order valence-corrected chi connectivity index (χ3v) is 6.20. The molecule has 5 fully saturated rings. The van der Waals surface area contributed by atoms with E-state index >= 15 is 0 Å². The van der Waals surface area contributed by atoms with Crippen molar-refractivity contribution in [1.82, 2.24) is 9.71 Å². The zero-order valence-electron chi connectivity index (χ0n) is 11.4. The second kappa shape index (κ2) is 4.28. The summed E-state index contributed by atoms with van der Waals surface area (Å²) < 4.78 is 0. The van der Waals surface area contributed by atoms with Gasteiger partial charge >= 0.3 is 0 Å². The standard InChI is InChI=1S/C14H23B2N2/c15-16-18-3-1-17(2-4-18)14-8-11-5-12(9-14)7-13(6-11)10-14/h11-13H,1-10H2. The van der Waals surface area contributed by atoms with E-state index < -0.39 is 0 Å². The maximum atomic E-state index is 5.64. The van der Waals surface area contributed by atoms with Crippen LogP contribution >= 0.6 is 0 Å². The topological polar surface area (TPSA) is 6.48 Å². The number of hydrogen-bond donors (Lipinski definition) is 0. The first-order valence-electron chi connectivity index (χ1n) is 7.81. The maximum absolute atomic E-state index is 5.64. The van der Waals surface area contributed by atoms with Crippen LogP contribution in [0.25, 0.3) is 0 Å². The van der Waals surface area contributed by atoms with Crippen molar-refractivity contribution in [3.8, 4) is 0 Å². The molecule has 4 aliphatic carbocycles. The maximum Gasteiger partial charge on any atom is 0.148 e. The molecule has 4 saturated carbocycles. The SMILES string of the molecule is [B][B]N1CCN(C23CC4CC(CC(C4)C2)C3)CC1. The van der Waals surface area contributed by atoms with E-state index in [1.807, 2.05) is 0 Å². The van der Waals surface area contributed by atoms with E-state index in [0.717, 1.165) is 30.8 Å². The molecule has 95 valence electrons. The van der Waals surface area contributed by atoms with Crippen LogP contribution in [0.4, 0.5) is 0 Å². The Bertz CT molecular complexity index is 290. The Balaban J connectivity index is 1.50. The fourth-order valence-corrected chi connectivity index (χ4v) is 5.80. The number of rotatable bonds is 2. The highest BCUT2D eigenvalue weighted by Crippen LogP contribution is 2.57. The number of piperazine rings is 1. The fourth-order valence-electron chi connectivity index (χ4n) is 5.80. The quantitative estimate of drug-likeness (QED) is 0.672. The van der Waals surface area contributed by atoms with Gasteiger partial charge in [-0.3, -0.25) is 4.90 Å². The zero-order valence-corrected chi connectivity index (χ0v) is 11.4. The second-order valence-corrected chi connectivity index (χ2v) is 7.31. The molecule has 0 N–H and O–H groups in total. The minimum atomic E-state index is 0.607. The molecule has 4 heteroatoms. The van der Waals surface area contributed by atoms with Gasteiger partial charge in [-0.2, -0.15) is 0 Å². The van der Waals surface area contributed by atoms with Crippen LogP contribution in [-0.2, 0) is 0 Å². The Kier molecular flexibility index (Phi) is 2.81. The molecular formula is C14H23B2N2. The summed E-state index contributed by atoms with van der Waals surface area (Å²) in [6, 6.07) is 0. The van der Waals surface area contributed by atoms with Crippen LogP contribution in [-0.4, -0.2) is 56.5 Å². The molecule has 4 bridgehead atoms. The first kappa shape index (κ1) is 11.8. The first-order chi connectivity index (χ1) is 8.77. The van der Waals surface area contributed by atoms with E-state index in [-0.39, 0.29) is 0 Å². The van der Waals surface area contributed by atoms with Crippen molar-refractivity contribution in [2.45, 2.75) is 44.1 Å². The normalized spacial score (nSPS) is 48.6. The lowest BCUT2D eigenvalue weighted by Crippen LogP contribution is -2.64. The number of nitrogens with zero attached hydrogens (tertiary/aromatic N) is 2. The van der Waals surface area contributed by atoms with E-state index in [2.05, 4.69) is 9.71 Å². The Labute approximate surface area is 113 Å². The van der Waals surface area contributed by atoms with Crippen LogP contribution in [0.5, 0.6) is 0 Å². The molecule has 0 unspecified atom stereocenters. The Morgan fingerprint density at radius 3 is 1.78 bits per heavy atom. The smallest absolute Gasteiger partial charge is 0.148 e. The summed E-state index contributed by atoms with van der Waals surface area (Å²) >= 11 is 0. The third-order valence-electron chi connectivity index (χ3n) is 6.20. The summed E-state index contributed by atoms with van der Waals surface area (Å²) in [5.41, 5.74) is 0.607. The highest BCUT2D eigenvalue weighted by molar-refractivity contribution is 6.87. The highest BCUT2D eigenvalue weighted by atomic mass is 15.3. The Morgan fingerprint density at radius 2 is 1.33 bits per heavy atom. The van der Waals surface area contributed by atoms with E-state index in [4.69, 9.17) is 7.74 Å². The van der Waals surface area contributed by atoms with Gasteiger partial charge in [-0.25, -0.2) is 0 Å². The first-order valence-corrected chi connectivity index (χ1v) is 7.81. The van der Waals surface area contributed by atoms with Crippen LogP contribution in [0.3, 0.4) is 0 Å². The van der Waals surface area contributed by atoms with Crippen molar-refractivity contribution in [3.63, 3.8) is 0 Å². The monoisotopic (exact) mass is 241 g/mol. The molecule has 0 aromatic heterocycles. The summed E-state index contributed by atoms with van der Waals surface area (Å²) in [4.78, 5) is 5.12. The summed E-state index contributed by atoms with van der Waals surface area (Å²) in [5, 5.41) is 0. The van der Waals surface area contributed by atoms with Gasteiger partial charge in [-0.05, 0) is 69.4 Å². The van der Waals surface area contributed by atoms with Gasteiger partial charge in [0, 0.05) is 26.4 Å². The molecule has 5 rings (SSSR count). The van der Waals surface area contributed by atoms with Gasteiger partial charge in [0.1, 0.15) is 7.31 Å². The minimum absolute atomic E-state index is 0.607. The lowest BCUT2D eigenvalue weighted by molar-refractivity contribution is -0.0965. The molecule has 0 spiro atoms. The van der Waals surface area contributed by atoms with Gasteiger partial charge in [0.2, 0.25) is 0 Å². The van der Waals surface area contributed by atoms with Crippen molar-refractivity contribution in [3.05, 3.63) is 0 Å². The van der Waals surface area contributed by atoms with Crippen LogP contribution in [0.2, 0.25) is 0 Å². The molecule has 0 atom stereocenters. The molecule has 1 heterocycles. The third kappa shape index (κ3) is 1.79. The summed E-state index contributed by atoms with van der Waals surface area (Å²) in [5.74, 6) is 3.20. The molecule has 0 aromatic rings. The zero-order chi connectivity index (χ0) is 12.2. The highest BCUT2D eigenvalue weighted by Gasteiger charge is 2.53. The molecular weight excluding hydrogens is 218 g/mol. The molecule has 5 aliphatic rings. The van der Waals surface area contributed by atoms with E-state index in [1.165, 1.54) is 32.4 Å². The lowest BCUT2D eigenvalue weighted by Gasteiger charge is -2.61. The van der Waals surface area contributed by atoms with Gasteiger partial charge in [-0.15, -0.1) is 0 Å². The average Bonchev–Trinajstić information content (AvgIpc) is 2.37. The van der Waals surface area contributed by atoms with E-state index in [1.54, 1.807) is 26.6 Å². The molecule has 1 saturated heterocycles. The Morgan fingerprint density at radius 1 is 0.833 bits per heavy atom. The Hall–Kier alpha value is 0.0499. The predicted octanol–water partition coefficient (Wildman–Crippen LogP) is 1.28. The summed E-state index contributed by atoms with van der Waals surface area (Å²) in [6.07, 6.45) is 9.17. The van der Waals surface area contributed by atoms with E-state index in [0.29, 0.717) is 5.54 Å². The van der Waals surface area contributed by atoms with Gasteiger partial charge in [0.05, 0.1) is 0 Å². The van der Waals surface area contributed by atoms with Crippen LogP contribution in [0, 0.1) is 17.8 Å². The van der Waals surface area contributed by atoms with Crippen molar-refractivity contribution in [2.24, 2.45) is 17.8 Å². The molecule has 3 radical (unpaired) electrons. The van der Waals surface area contributed by atoms with Gasteiger partial charge in [0.15, 0.2) is 0 Å². The van der Waals surface area contributed by atoms with Crippen molar-refractivity contribution in [2.75, 3.05) is 26.2 Å². The molecule has 2 nitrogen and oxygen atoms in total. The summed E-state index contributed by atoms with van der Waals surface area (Å²) in [6.45, 7) is 4.75. The van der Waals surface area contributed by atoms with Crippen molar-refractivity contribution in [1.29, 1.82) is 0 Å². The molecule has 0 amide bonds. The van der Waals surface area contributed by atoms with Crippen LogP contribution < -0.4 is 0 Å². The van der Waals surface area contributed by atoms with Crippen molar-refractivity contribution < 1.29 is 0 Å². The molecule has 18 heavy (non-hydrogen) atoms. The number of hydrogen-bond acceptors (Lipinski definition) is 2.